The maximum Gasteiger partial charge on any atom is 0.197 e. The van der Waals surface area contributed by atoms with Crippen LogP contribution in [0.2, 0.25) is 0 Å². The first-order valence-corrected chi connectivity index (χ1v) is 6.20. The number of nitrogen functional groups attached to an aromatic ring is 1. The summed E-state index contributed by atoms with van der Waals surface area (Å²) < 4.78 is 6.27. The second-order valence-corrected chi connectivity index (χ2v) is 4.96. The molecule has 0 unspecified atom stereocenters. The lowest BCUT2D eigenvalue weighted by atomic mass is 10.2. The molecular weight excluding hydrogens is 317 g/mol. The summed E-state index contributed by atoms with van der Waals surface area (Å²) in [5, 5.41) is 0. The summed E-state index contributed by atoms with van der Waals surface area (Å²) in [6.07, 6.45) is 4.01. The molecule has 0 atom stereocenters. The van der Waals surface area contributed by atoms with Crippen molar-refractivity contribution in [1.29, 1.82) is 0 Å². The number of hydrogen-bond acceptors (Lipinski definition) is 4. The molecular formula is C11H10IN3O. The lowest BCUT2D eigenvalue weighted by molar-refractivity contribution is 0.576. The van der Waals surface area contributed by atoms with Gasteiger partial charge in [0, 0.05) is 5.92 Å². The van der Waals surface area contributed by atoms with E-state index >= 15 is 0 Å². The van der Waals surface area contributed by atoms with Crippen molar-refractivity contribution in [3.8, 4) is 11.6 Å². The molecule has 16 heavy (non-hydrogen) atoms. The lowest BCUT2D eigenvalue weighted by Crippen LogP contribution is -2.03. The zero-order chi connectivity index (χ0) is 11.1. The highest BCUT2D eigenvalue weighted by Crippen LogP contribution is 2.42. The number of nitrogens with two attached hydrogens (primary N) is 1. The van der Waals surface area contributed by atoms with Crippen LogP contribution in [-0.4, -0.2) is 9.97 Å². The van der Waals surface area contributed by atoms with Gasteiger partial charge in [0.05, 0.1) is 15.5 Å². The Labute approximate surface area is 106 Å². The maximum absolute atomic E-state index is 5.89. The second kappa shape index (κ2) is 3.73. The van der Waals surface area contributed by atoms with Crippen molar-refractivity contribution in [1.82, 2.24) is 9.97 Å². The Morgan fingerprint density at radius 3 is 2.81 bits per heavy atom. The molecule has 82 valence electrons. The molecule has 1 aliphatic rings. The lowest BCUT2D eigenvalue weighted by Gasteiger charge is -2.06. The SMILES string of the molecule is Nc1nc(-c2ccco2)nc(C2CC2)c1I. The van der Waals surface area contributed by atoms with E-state index in [4.69, 9.17) is 10.2 Å². The van der Waals surface area contributed by atoms with Crippen molar-refractivity contribution >= 4 is 28.4 Å². The Balaban J connectivity index is 2.13. The van der Waals surface area contributed by atoms with E-state index in [0.717, 1.165) is 9.26 Å². The van der Waals surface area contributed by atoms with Gasteiger partial charge in [0.2, 0.25) is 0 Å². The fourth-order valence-corrected chi connectivity index (χ4v) is 2.31. The standard InChI is InChI=1S/C11H10IN3O/c12-8-9(6-3-4-6)14-11(15-10(8)13)7-2-1-5-16-7/h1-2,5-6H,3-4H2,(H2,13,14,15). The Morgan fingerprint density at radius 1 is 1.38 bits per heavy atom. The molecule has 2 heterocycles. The summed E-state index contributed by atoms with van der Waals surface area (Å²) in [7, 11) is 0. The van der Waals surface area contributed by atoms with E-state index in [9.17, 15) is 0 Å². The third-order valence-electron chi connectivity index (χ3n) is 2.61. The molecule has 1 fully saturated rings. The van der Waals surface area contributed by atoms with Crippen molar-refractivity contribution in [2.24, 2.45) is 0 Å². The van der Waals surface area contributed by atoms with Crippen LogP contribution >= 0.6 is 22.6 Å². The van der Waals surface area contributed by atoms with Gasteiger partial charge in [-0.2, -0.15) is 0 Å². The van der Waals surface area contributed by atoms with Gasteiger partial charge in [-0.05, 0) is 47.6 Å². The predicted molar refractivity (Wildman–Crippen MR) is 68.8 cm³/mol. The normalized spacial score (nSPS) is 15.3. The molecule has 0 spiro atoms. The van der Waals surface area contributed by atoms with Gasteiger partial charge < -0.3 is 10.2 Å². The highest BCUT2D eigenvalue weighted by molar-refractivity contribution is 14.1. The van der Waals surface area contributed by atoms with Crippen LogP contribution in [0.3, 0.4) is 0 Å². The molecule has 3 rings (SSSR count). The van der Waals surface area contributed by atoms with E-state index < -0.39 is 0 Å². The van der Waals surface area contributed by atoms with Crippen LogP contribution in [0.4, 0.5) is 5.82 Å². The fourth-order valence-electron chi connectivity index (χ4n) is 1.63. The van der Waals surface area contributed by atoms with Gasteiger partial charge in [-0.15, -0.1) is 0 Å². The van der Waals surface area contributed by atoms with Crippen molar-refractivity contribution in [3.63, 3.8) is 0 Å². The van der Waals surface area contributed by atoms with Crippen LogP contribution in [0.25, 0.3) is 11.6 Å². The van der Waals surface area contributed by atoms with Gasteiger partial charge in [0.25, 0.3) is 0 Å². The Kier molecular flexibility index (Phi) is 2.34. The number of rotatable bonds is 2. The van der Waals surface area contributed by atoms with Gasteiger partial charge in [0.1, 0.15) is 5.82 Å². The van der Waals surface area contributed by atoms with Gasteiger partial charge in [0.15, 0.2) is 11.6 Å². The van der Waals surface area contributed by atoms with Crippen LogP contribution in [0.15, 0.2) is 22.8 Å². The number of hydrogen-bond donors (Lipinski definition) is 1. The van der Waals surface area contributed by atoms with Gasteiger partial charge in [-0.25, -0.2) is 9.97 Å². The average Bonchev–Trinajstić information content (AvgIpc) is 2.96. The zero-order valence-corrected chi connectivity index (χ0v) is 10.6. The molecule has 0 radical (unpaired) electrons. The Morgan fingerprint density at radius 2 is 2.19 bits per heavy atom. The highest BCUT2D eigenvalue weighted by atomic mass is 127. The van der Waals surface area contributed by atoms with Gasteiger partial charge in [-0.1, -0.05) is 0 Å². The monoisotopic (exact) mass is 327 g/mol. The third-order valence-corrected chi connectivity index (χ3v) is 3.71. The number of anilines is 1. The van der Waals surface area contributed by atoms with Crippen LogP contribution < -0.4 is 5.73 Å². The van der Waals surface area contributed by atoms with Crippen molar-refractivity contribution in [2.45, 2.75) is 18.8 Å². The van der Waals surface area contributed by atoms with Crippen LogP contribution in [0.1, 0.15) is 24.5 Å². The van der Waals surface area contributed by atoms with E-state index in [0.29, 0.717) is 23.3 Å². The molecule has 0 aliphatic heterocycles. The molecule has 0 aromatic carbocycles. The van der Waals surface area contributed by atoms with E-state index in [1.165, 1.54) is 12.8 Å². The predicted octanol–water partition coefficient (Wildman–Crippen LogP) is 2.80. The first-order valence-electron chi connectivity index (χ1n) is 5.12. The third kappa shape index (κ3) is 1.68. The van der Waals surface area contributed by atoms with Crippen molar-refractivity contribution in [2.75, 3.05) is 5.73 Å². The van der Waals surface area contributed by atoms with Crippen LogP contribution in [-0.2, 0) is 0 Å². The molecule has 0 saturated heterocycles. The van der Waals surface area contributed by atoms with Crippen molar-refractivity contribution < 1.29 is 4.42 Å². The molecule has 0 bridgehead atoms. The number of aromatic nitrogens is 2. The largest absolute Gasteiger partial charge is 0.461 e. The molecule has 2 aromatic rings. The smallest absolute Gasteiger partial charge is 0.197 e. The summed E-state index contributed by atoms with van der Waals surface area (Å²) in [6, 6.07) is 3.67. The fraction of sp³-hybridized carbons (Fsp3) is 0.273. The number of furan rings is 1. The second-order valence-electron chi connectivity index (χ2n) is 3.88. The molecule has 2 N–H and O–H groups in total. The summed E-state index contributed by atoms with van der Waals surface area (Å²) in [5.74, 6) is 2.37. The summed E-state index contributed by atoms with van der Waals surface area (Å²) in [6.45, 7) is 0. The van der Waals surface area contributed by atoms with Crippen LogP contribution in [0.5, 0.6) is 0 Å². The van der Waals surface area contributed by atoms with Gasteiger partial charge in [-0.3, -0.25) is 0 Å². The highest BCUT2D eigenvalue weighted by Gasteiger charge is 2.29. The summed E-state index contributed by atoms with van der Waals surface area (Å²) in [5.41, 5.74) is 6.96. The van der Waals surface area contributed by atoms with Gasteiger partial charge >= 0.3 is 0 Å². The van der Waals surface area contributed by atoms with E-state index in [1.807, 2.05) is 12.1 Å². The van der Waals surface area contributed by atoms with E-state index in [2.05, 4.69) is 32.6 Å². The number of halogens is 1. The molecule has 1 aliphatic carbocycles. The van der Waals surface area contributed by atoms with E-state index in [1.54, 1.807) is 6.26 Å². The summed E-state index contributed by atoms with van der Waals surface area (Å²) >= 11 is 2.21. The Bertz CT molecular complexity index is 520. The molecule has 1 saturated carbocycles. The van der Waals surface area contributed by atoms with E-state index in [-0.39, 0.29) is 0 Å². The quantitative estimate of drug-likeness (QED) is 0.862. The van der Waals surface area contributed by atoms with Crippen LogP contribution in [0, 0.1) is 3.57 Å². The summed E-state index contributed by atoms with van der Waals surface area (Å²) in [4.78, 5) is 8.80. The minimum Gasteiger partial charge on any atom is -0.461 e. The maximum atomic E-state index is 5.89. The zero-order valence-electron chi connectivity index (χ0n) is 8.48. The Hall–Kier alpha value is -1.11. The molecule has 4 nitrogen and oxygen atoms in total. The number of nitrogens with zero attached hydrogens (tertiary/aromatic N) is 2. The minimum absolute atomic E-state index is 0.545. The first-order chi connectivity index (χ1) is 7.75. The molecule has 2 aromatic heterocycles. The minimum atomic E-state index is 0.545. The topological polar surface area (TPSA) is 64.9 Å². The van der Waals surface area contributed by atoms with Crippen molar-refractivity contribution in [3.05, 3.63) is 27.7 Å². The first kappa shape index (κ1) is 10.1. The average molecular weight is 327 g/mol. The molecule has 0 amide bonds. The molecule has 5 heteroatoms.